The molecule has 5 nitrogen and oxygen atoms in total. The van der Waals surface area contributed by atoms with Gasteiger partial charge in [-0.25, -0.2) is 9.78 Å². The molecule has 0 fully saturated rings. The minimum absolute atomic E-state index is 0.368. The number of aromatic nitrogens is 1. The first kappa shape index (κ1) is 14.4. The van der Waals surface area contributed by atoms with Crippen molar-refractivity contribution in [2.24, 2.45) is 0 Å². The first-order chi connectivity index (χ1) is 8.25. The molecule has 0 saturated heterocycles. The number of hydrogen-bond acceptors (Lipinski definition) is 4. The quantitative estimate of drug-likeness (QED) is 0.845. The second kappa shape index (κ2) is 5.30. The van der Waals surface area contributed by atoms with Gasteiger partial charge in [-0.15, -0.1) is 11.3 Å². The summed E-state index contributed by atoms with van der Waals surface area (Å²) >= 11 is 1.49. The number of carboxylic acids is 1. The van der Waals surface area contributed by atoms with E-state index in [1.54, 1.807) is 6.08 Å². The molecule has 0 unspecified atom stereocenters. The SMILES string of the molecule is Cc1nc(C=CC(=O)N(C)C(C)(C)C(=O)O)cs1. The molecule has 6 heteroatoms. The van der Waals surface area contributed by atoms with Gasteiger partial charge in [0.05, 0.1) is 10.7 Å². The van der Waals surface area contributed by atoms with Gasteiger partial charge in [-0.05, 0) is 26.8 Å². The number of thiazole rings is 1. The summed E-state index contributed by atoms with van der Waals surface area (Å²) in [5, 5.41) is 11.8. The van der Waals surface area contributed by atoms with Crippen molar-refractivity contribution in [2.75, 3.05) is 7.05 Å². The number of likely N-dealkylation sites (N-methyl/N-ethyl adjacent to an activating group) is 1. The zero-order chi connectivity index (χ0) is 13.9. The number of aliphatic carboxylic acids is 1. The monoisotopic (exact) mass is 268 g/mol. The van der Waals surface area contributed by atoms with Gasteiger partial charge < -0.3 is 10.0 Å². The first-order valence-electron chi connectivity index (χ1n) is 5.36. The Kier molecular flexibility index (Phi) is 4.24. The summed E-state index contributed by atoms with van der Waals surface area (Å²) in [6, 6.07) is 0. The van der Waals surface area contributed by atoms with Crippen molar-refractivity contribution in [3.63, 3.8) is 0 Å². The van der Waals surface area contributed by atoms with Crippen molar-refractivity contribution < 1.29 is 14.7 Å². The van der Waals surface area contributed by atoms with Crippen LogP contribution in [0.3, 0.4) is 0 Å². The fourth-order valence-electron chi connectivity index (χ4n) is 1.14. The summed E-state index contributed by atoms with van der Waals surface area (Å²) in [4.78, 5) is 28.2. The number of aryl methyl sites for hydroxylation is 1. The van der Waals surface area contributed by atoms with Gasteiger partial charge >= 0.3 is 5.97 Å². The smallest absolute Gasteiger partial charge is 0.329 e. The lowest BCUT2D eigenvalue weighted by molar-refractivity contribution is -0.153. The van der Waals surface area contributed by atoms with Gasteiger partial charge in [0.2, 0.25) is 5.91 Å². The van der Waals surface area contributed by atoms with Crippen LogP contribution in [0.1, 0.15) is 24.5 Å². The molecular weight excluding hydrogens is 252 g/mol. The van der Waals surface area contributed by atoms with E-state index in [0.717, 1.165) is 5.01 Å². The Morgan fingerprint density at radius 3 is 2.56 bits per heavy atom. The minimum Gasteiger partial charge on any atom is -0.480 e. The molecule has 98 valence electrons. The fourth-order valence-corrected chi connectivity index (χ4v) is 1.72. The van der Waals surface area contributed by atoms with Gasteiger partial charge in [0.1, 0.15) is 5.54 Å². The molecule has 0 bridgehead atoms. The Bertz CT molecular complexity index is 491. The Balaban J connectivity index is 2.77. The third-order valence-corrected chi connectivity index (χ3v) is 3.52. The van der Waals surface area contributed by atoms with E-state index >= 15 is 0 Å². The number of rotatable bonds is 4. The maximum Gasteiger partial charge on any atom is 0.329 e. The van der Waals surface area contributed by atoms with Crippen LogP contribution in [0.25, 0.3) is 6.08 Å². The van der Waals surface area contributed by atoms with Crippen LogP contribution < -0.4 is 0 Å². The number of carboxylic acid groups (broad SMARTS) is 1. The van der Waals surface area contributed by atoms with E-state index in [-0.39, 0.29) is 5.91 Å². The molecule has 1 aromatic heterocycles. The van der Waals surface area contributed by atoms with Crippen LogP contribution >= 0.6 is 11.3 Å². The summed E-state index contributed by atoms with van der Waals surface area (Å²) in [6.45, 7) is 4.84. The van der Waals surface area contributed by atoms with Gasteiger partial charge in [0.25, 0.3) is 0 Å². The van der Waals surface area contributed by atoms with Crippen LogP contribution in [0.4, 0.5) is 0 Å². The standard InChI is InChI=1S/C12H16N2O3S/c1-8-13-9(7-18-8)5-6-10(15)14(4)12(2,3)11(16)17/h5-7H,1-4H3,(H,16,17). The van der Waals surface area contributed by atoms with Crippen molar-refractivity contribution in [1.29, 1.82) is 0 Å². The maximum atomic E-state index is 11.8. The molecule has 0 aliphatic carbocycles. The third kappa shape index (κ3) is 3.16. The fraction of sp³-hybridized carbons (Fsp3) is 0.417. The number of hydrogen-bond donors (Lipinski definition) is 1. The minimum atomic E-state index is -1.24. The Morgan fingerprint density at radius 2 is 2.11 bits per heavy atom. The molecule has 0 aliphatic heterocycles. The molecule has 0 saturated carbocycles. The molecule has 0 radical (unpaired) electrons. The molecule has 1 N–H and O–H groups in total. The highest BCUT2D eigenvalue weighted by atomic mass is 32.1. The molecule has 1 heterocycles. The Hall–Kier alpha value is -1.69. The molecule has 0 aliphatic rings. The van der Waals surface area contributed by atoms with Crippen LogP contribution in [0.15, 0.2) is 11.5 Å². The number of carbonyl (C=O) groups excluding carboxylic acids is 1. The summed E-state index contributed by atoms with van der Waals surface area (Å²) in [5.41, 5.74) is -0.535. The van der Waals surface area contributed by atoms with E-state index in [0.29, 0.717) is 5.69 Å². The van der Waals surface area contributed by atoms with Gasteiger partial charge in [-0.2, -0.15) is 0 Å². The molecule has 18 heavy (non-hydrogen) atoms. The summed E-state index contributed by atoms with van der Waals surface area (Å²) in [5.74, 6) is -1.41. The average Bonchev–Trinajstić information content (AvgIpc) is 2.70. The lowest BCUT2D eigenvalue weighted by atomic mass is 10.0. The van der Waals surface area contributed by atoms with E-state index in [9.17, 15) is 9.59 Å². The molecule has 0 spiro atoms. The Labute approximate surface area is 110 Å². The van der Waals surface area contributed by atoms with Crippen LogP contribution in [0, 0.1) is 6.92 Å². The maximum absolute atomic E-state index is 11.8. The zero-order valence-electron chi connectivity index (χ0n) is 10.8. The highest BCUT2D eigenvalue weighted by Crippen LogP contribution is 2.14. The van der Waals surface area contributed by atoms with E-state index < -0.39 is 11.5 Å². The van der Waals surface area contributed by atoms with Crippen LogP contribution in [0.5, 0.6) is 0 Å². The topological polar surface area (TPSA) is 70.5 Å². The zero-order valence-corrected chi connectivity index (χ0v) is 11.6. The van der Waals surface area contributed by atoms with E-state index in [2.05, 4.69) is 4.98 Å². The summed E-state index contributed by atoms with van der Waals surface area (Å²) < 4.78 is 0. The van der Waals surface area contributed by atoms with E-state index in [4.69, 9.17) is 5.11 Å². The largest absolute Gasteiger partial charge is 0.480 e. The predicted molar refractivity (Wildman–Crippen MR) is 70.4 cm³/mol. The lowest BCUT2D eigenvalue weighted by Crippen LogP contribution is -2.50. The lowest BCUT2D eigenvalue weighted by Gasteiger charge is -2.30. The average molecular weight is 268 g/mol. The van der Waals surface area contributed by atoms with Crippen molar-refractivity contribution in [2.45, 2.75) is 26.3 Å². The van der Waals surface area contributed by atoms with Gasteiger partial charge in [0.15, 0.2) is 0 Å². The van der Waals surface area contributed by atoms with Crippen molar-refractivity contribution in [3.05, 3.63) is 22.2 Å². The van der Waals surface area contributed by atoms with Gasteiger partial charge in [0, 0.05) is 18.5 Å². The van der Waals surface area contributed by atoms with Crippen molar-refractivity contribution in [1.82, 2.24) is 9.88 Å². The molecule has 0 atom stereocenters. The van der Waals surface area contributed by atoms with Crippen LogP contribution in [-0.4, -0.2) is 39.5 Å². The summed E-state index contributed by atoms with van der Waals surface area (Å²) in [7, 11) is 1.47. The molecule has 0 aromatic carbocycles. The van der Waals surface area contributed by atoms with Crippen LogP contribution in [0.2, 0.25) is 0 Å². The number of amides is 1. The van der Waals surface area contributed by atoms with Crippen molar-refractivity contribution in [3.8, 4) is 0 Å². The van der Waals surface area contributed by atoms with Gasteiger partial charge in [-0.3, -0.25) is 4.79 Å². The second-order valence-corrected chi connectivity index (χ2v) is 5.45. The number of carbonyl (C=O) groups is 2. The van der Waals surface area contributed by atoms with Crippen LogP contribution in [-0.2, 0) is 9.59 Å². The molecule has 1 aromatic rings. The van der Waals surface area contributed by atoms with Gasteiger partial charge in [-0.1, -0.05) is 0 Å². The molecule has 1 rings (SSSR count). The highest BCUT2D eigenvalue weighted by molar-refractivity contribution is 7.09. The van der Waals surface area contributed by atoms with E-state index in [1.807, 2.05) is 12.3 Å². The summed E-state index contributed by atoms with van der Waals surface area (Å²) in [6.07, 6.45) is 2.92. The van der Waals surface area contributed by atoms with Crippen molar-refractivity contribution >= 4 is 29.3 Å². The van der Waals surface area contributed by atoms with E-state index in [1.165, 1.54) is 43.2 Å². The highest BCUT2D eigenvalue weighted by Gasteiger charge is 2.34. The molecule has 1 amide bonds. The first-order valence-corrected chi connectivity index (χ1v) is 6.24. The molecular formula is C12H16N2O3S. The Morgan fingerprint density at radius 1 is 1.50 bits per heavy atom. The third-order valence-electron chi connectivity index (χ3n) is 2.73. The number of nitrogens with zero attached hydrogens (tertiary/aromatic N) is 2. The second-order valence-electron chi connectivity index (χ2n) is 4.39. The normalized spacial score (nSPS) is 11.8. The predicted octanol–water partition coefficient (Wildman–Crippen LogP) is 1.79.